The third-order valence-electron chi connectivity index (χ3n) is 6.00. The molecule has 0 radical (unpaired) electrons. The van der Waals surface area contributed by atoms with E-state index in [9.17, 15) is 19.4 Å². The third kappa shape index (κ3) is 4.66. The highest BCUT2D eigenvalue weighted by Crippen LogP contribution is 2.35. The van der Waals surface area contributed by atoms with Crippen LogP contribution in [0.4, 0.5) is 10.1 Å². The fourth-order valence-corrected chi connectivity index (χ4v) is 3.94. The summed E-state index contributed by atoms with van der Waals surface area (Å²) in [5.41, 5.74) is 0.716. The van der Waals surface area contributed by atoms with Crippen molar-refractivity contribution in [2.24, 2.45) is 5.92 Å². The standard InChI is InChI=1S/C23H27FN2O3/c24-20-4-2-1-3-19(20)23(29)11-13-26(14-12-23)15-21(27)16-7-9-18(10-8-16)25-22(28)17-5-6-17/h1-4,7-10,17,21,27,29H,5-6,11-15H2,(H,25,28)/t21-/m0/s1. The molecule has 1 saturated carbocycles. The minimum absolute atomic E-state index is 0.0638. The van der Waals surface area contributed by atoms with Crippen molar-refractivity contribution in [3.63, 3.8) is 0 Å². The van der Waals surface area contributed by atoms with Crippen LogP contribution < -0.4 is 5.32 Å². The molecule has 0 aromatic heterocycles. The molecule has 1 amide bonds. The molecule has 1 aliphatic heterocycles. The van der Waals surface area contributed by atoms with E-state index in [1.165, 1.54) is 6.07 Å². The van der Waals surface area contributed by atoms with Gasteiger partial charge in [0.25, 0.3) is 0 Å². The van der Waals surface area contributed by atoms with Crippen LogP contribution in [0.1, 0.15) is 42.9 Å². The number of nitrogens with zero attached hydrogens (tertiary/aromatic N) is 1. The molecule has 3 N–H and O–H groups in total. The van der Waals surface area contributed by atoms with Gasteiger partial charge in [-0.1, -0.05) is 30.3 Å². The smallest absolute Gasteiger partial charge is 0.227 e. The molecule has 29 heavy (non-hydrogen) atoms. The Hall–Kier alpha value is -2.28. The lowest BCUT2D eigenvalue weighted by Gasteiger charge is -2.39. The number of rotatable bonds is 6. The van der Waals surface area contributed by atoms with Gasteiger partial charge in [0.1, 0.15) is 5.82 Å². The third-order valence-corrected chi connectivity index (χ3v) is 6.00. The maximum Gasteiger partial charge on any atom is 0.227 e. The van der Waals surface area contributed by atoms with Crippen LogP contribution in [0.5, 0.6) is 0 Å². The van der Waals surface area contributed by atoms with Gasteiger partial charge in [-0.2, -0.15) is 0 Å². The van der Waals surface area contributed by atoms with Gasteiger partial charge in [0.2, 0.25) is 5.91 Å². The molecular formula is C23H27FN2O3. The van der Waals surface area contributed by atoms with Gasteiger partial charge < -0.3 is 20.4 Å². The zero-order valence-electron chi connectivity index (χ0n) is 16.4. The van der Waals surface area contributed by atoms with Gasteiger partial charge in [0.15, 0.2) is 0 Å². The lowest BCUT2D eigenvalue weighted by atomic mass is 9.84. The lowest BCUT2D eigenvalue weighted by Crippen LogP contribution is -2.44. The van der Waals surface area contributed by atoms with E-state index in [0.717, 1.165) is 24.1 Å². The Balaban J connectivity index is 1.31. The number of nitrogens with one attached hydrogen (secondary N) is 1. The number of likely N-dealkylation sites (tertiary alicyclic amines) is 1. The van der Waals surface area contributed by atoms with Crippen LogP contribution in [-0.2, 0) is 10.4 Å². The average molecular weight is 398 g/mol. The number of aliphatic hydroxyl groups is 2. The van der Waals surface area contributed by atoms with Gasteiger partial charge in [-0.3, -0.25) is 4.79 Å². The van der Waals surface area contributed by atoms with Crippen LogP contribution in [0.15, 0.2) is 48.5 Å². The number of halogens is 1. The molecule has 4 rings (SSSR count). The molecule has 1 saturated heterocycles. The monoisotopic (exact) mass is 398 g/mol. The normalized spacial score (nSPS) is 20.2. The second-order valence-electron chi connectivity index (χ2n) is 8.21. The van der Waals surface area contributed by atoms with E-state index in [1.807, 2.05) is 24.3 Å². The van der Waals surface area contributed by atoms with Crippen LogP contribution in [-0.4, -0.2) is 40.7 Å². The van der Waals surface area contributed by atoms with Crippen molar-refractivity contribution in [1.82, 2.24) is 4.90 Å². The summed E-state index contributed by atoms with van der Waals surface area (Å²) in [6.45, 7) is 1.61. The number of piperidine rings is 1. The first kappa shape index (κ1) is 20.0. The number of benzene rings is 2. The van der Waals surface area contributed by atoms with Crippen LogP contribution in [0.3, 0.4) is 0 Å². The van der Waals surface area contributed by atoms with E-state index in [1.54, 1.807) is 18.2 Å². The minimum atomic E-state index is -1.16. The highest BCUT2D eigenvalue weighted by molar-refractivity contribution is 5.94. The number of aliphatic hydroxyl groups excluding tert-OH is 1. The van der Waals surface area contributed by atoms with E-state index < -0.39 is 11.7 Å². The summed E-state index contributed by atoms with van der Waals surface area (Å²) in [5, 5.41) is 24.3. The SMILES string of the molecule is O=C(Nc1ccc([C@@H](O)CN2CCC(O)(c3ccccc3F)CC2)cc1)C1CC1. The van der Waals surface area contributed by atoms with Gasteiger partial charge in [-0.25, -0.2) is 4.39 Å². The van der Waals surface area contributed by atoms with Crippen molar-refractivity contribution in [2.75, 3.05) is 25.0 Å². The fourth-order valence-electron chi connectivity index (χ4n) is 3.94. The summed E-state index contributed by atoms with van der Waals surface area (Å²) < 4.78 is 14.1. The van der Waals surface area contributed by atoms with Crippen LogP contribution in [0.2, 0.25) is 0 Å². The number of hydrogen-bond acceptors (Lipinski definition) is 4. The Bertz CT molecular complexity index is 859. The van der Waals surface area contributed by atoms with Crippen molar-refractivity contribution >= 4 is 11.6 Å². The summed E-state index contributed by atoms with van der Waals surface area (Å²) in [7, 11) is 0. The Morgan fingerprint density at radius 1 is 1.14 bits per heavy atom. The van der Waals surface area contributed by atoms with Gasteiger partial charge in [-0.05, 0) is 49.4 Å². The van der Waals surface area contributed by atoms with Crippen molar-refractivity contribution in [2.45, 2.75) is 37.4 Å². The molecule has 6 heteroatoms. The molecule has 2 fully saturated rings. The average Bonchev–Trinajstić information content (AvgIpc) is 3.56. The molecule has 2 aromatic rings. The summed E-state index contributed by atoms with van der Waals surface area (Å²) in [6, 6.07) is 13.7. The first-order chi connectivity index (χ1) is 13.9. The van der Waals surface area contributed by atoms with Crippen molar-refractivity contribution in [3.05, 3.63) is 65.5 Å². The van der Waals surface area contributed by atoms with Crippen LogP contribution >= 0.6 is 0 Å². The Kier molecular flexibility index (Phi) is 5.67. The Morgan fingerprint density at radius 2 is 1.79 bits per heavy atom. The molecule has 154 valence electrons. The number of carbonyl (C=O) groups is 1. The predicted octanol–water partition coefficient (Wildman–Crippen LogP) is 3.19. The van der Waals surface area contributed by atoms with Gasteiger partial charge in [0.05, 0.1) is 11.7 Å². The van der Waals surface area contributed by atoms with Crippen LogP contribution in [0.25, 0.3) is 0 Å². The zero-order valence-corrected chi connectivity index (χ0v) is 16.4. The van der Waals surface area contributed by atoms with E-state index >= 15 is 0 Å². The summed E-state index contributed by atoms with van der Waals surface area (Å²) in [6.07, 6.45) is 2.11. The summed E-state index contributed by atoms with van der Waals surface area (Å²) >= 11 is 0. The highest BCUT2D eigenvalue weighted by atomic mass is 19.1. The quantitative estimate of drug-likeness (QED) is 0.699. The van der Waals surface area contributed by atoms with E-state index in [-0.39, 0.29) is 17.6 Å². The van der Waals surface area contributed by atoms with Crippen LogP contribution in [0, 0.1) is 11.7 Å². The fraction of sp³-hybridized carbons (Fsp3) is 0.435. The molecule has 0 bridgehead atoms. The highest BCUT2D eigenvalue weighted by Gasteiger charge is 2.36. The molecule has 0 spiro atoms. The number of anilines is 1. The van der Waals surface area contributed by atoms with Crippen molar-refractivity contribution in [3.8, 4) is 0 Å². The largest absolute Gasteiger partial charge is 0.387 e. The number of carbonyl (C=O) groups excluding carboxylic acids is 1. The van der Waals surface area contributed by atoms with E-state index in [0.29, 0.717) is 38.0 Å². The molecule has 2 aliphatic rings. The molecule has 1 aliphatic carbocycles. The molecule has 0 unspecified atom stereocenters. The molecule has 2 aromatic carbocycles. The van der Waals surface area contributed by atoms with Gasteiger partial charge in [-0.15, -0.1) is 0 Å². The molecule has 1 atom stereocenters. The Labute approximate surface area is 170 Å². The minimum Gasteiger partial charge on any atom is -0.387 e. The summed E-state index contributed by atoms with van der Waals surface area (Å²) in [4.78, 5) is 13.9. The predicted molar refractivity (Wildman–Crippen MR) is 109 cm³/mol. The molecular weight excluding hydrogens is 371 g/mol. The zero-order chi connectivity index (χ0) is 20.4. The second kappa shape index (κ2) is 8.22. The lowest BCUT2D eigenvalue weighted by molar-refractivity contribution is -0.117. The second-order valence-corrected chi connectivity index (χ2v) is 8.21. The maximum absolute atomic E-state index is 14.1. The van der Waals surface area contributed by atoms with Crippen molar-refractivity contribution in [1.29, 1.82) is 0 Å². The first-order valence-corrected chi connectivity index (χ1v) is 10.2. The first-order valence-electron chi connectivity index (χ1n) is 10.2. The van der Waals surface area contributed by atoms with Gasteiger partial charge >= 0.3 is 0 Å². The number of hydrogen-bond donors (Lipinski definition) is 3. The Morgan fingerprint density at radius 3 is 2.41 bits per heavy atom. The van der Waals surface area contributed by atoms with E-state index in [4.69, 9.17) is 0 Å². The number of amides is 1. The molecule has 1 heterocycles. The maximum atomic E-state index is 14.1. The van der Waals surface area contributed by atoms with E-state index in [2.05, 4.69) is 10.2 Å². The number of β-amino-alcohol motifs (C(OH)–C–C–N with tert-alkyl or cyclic N) is 1. The van der Waals surface area contributed by atoms with Gasteiger partial charge in [0, 0.05) is 36.8 Å². The van der Waals surface area contributed by atoms with Crippen molar-refractivity contribution < 1.29 is 19.4 Å². The summed E-state index contributed by atoms with van der Waals surface area (Å²) in [5.74, 6) is -0.159. The topological polar surface area (TPSA) is 72.8 Å². The molecule has 5 nitrogen and oxygen atoms in total.